The second-order valence-corrected chi connectivity index (χ2v) is 5.84. The van der Waals surface area contributed by atoms with E-state index < -0.39 is 0 Å². The zero-order valence-corrected chi connectivity index (χ0v) is 14.4. The van der Waals surface area contributed by atoms with Crippen LogP contribution in [0.1, 0.15) is 0 Å². The summed E-state index contributed by atoms with van der Waals surface area (Å²) in [5, 5.41) is 3.18. The van der Waals surface area contributed by atoms with E-state index in [9.17, 15) is 9.59 Å². The summed E-state index contributed by atoms with van der Waals surface area (Å²) in [5.74, 6) is 0.262. The van der Waals surface area contributed by atoms with Crippen LogP contribution in [0.25, 0.3) is 0 Å². The molecular formula is C17H17ClN4O3. The van der Waals surface area contributed by atoms with Crippen LogP contribution in [0.3, 0.4) is 0 Å². The Balaban J connectivity index is 1.66. The molecule has 2 aromatic rings. The molecule has 3 amide bonds. The Morgan fingerprint density at radius 1 is 1.28 bits per heavy atom. The highest BCUT2D eigenvalue weighted by molar-refractivity contribution is 6.33. The number of nitrogens with one attached hydrogen (secondary N) is 1. The molecule has 2 heterocycles. The summed E-state index contributed by atoms with van der Waals surface area (Å²) in [5.41, 5.74) is 1.21. The minimum absolute atomic E-state index is 0.0130. The first kappa shape index (κ1) is 17.0. The number of benzene rings is 1. The molecule has 3 rings (SSSR count). The number of nitrogens with zero attached hydrogens (tertiary/aromatic N) is 3. The van der Waals surface area contributed by atoms with Crippen molar-refractivity contribution in [2.45, 2.75) is 0 Å². The average Bonchev–Trinajstić information content (AvgIpc) is 2.63. The van der Waals surface area contributed by atoms with Crippen molar-refractivity contribution in [2.24, 2.45) is 0 Å². The van der Waals surface area contributed by atoms with E-state index in [1.807, 2.05) is 0 Å². The molecule has 0 atom stereocenters. The van der Waals surface area contributed by atoms with Gasteiger partial charge in [-0.3, -0.25) is 4.79 Å². The zero-order chi connectivity index (χ0) is 17.8. The third-order valence-corrected chi connectivity index (χ3v) is 4.19. The summed E-state index contributed by atoms with van der Waals surface area (Å²) in [4.78, 5) is 31.9. The molecular weight excluding hydrogens is 344 g/mol. The topological polar surface area (TPSA) is 74.8 Å². The number of halogens is 1. The molecule has 0 bridgehead atoms. The normalized spacial score (nSPS) is 14.4. The molecule has 8 heteroatoms. The van der Waals surface area contributed by atoms with Gasteiger partial charge in [-0.2, -0.15) is 0 Å². The lowest BCUT2D eigenvalue weighted by molar-refractivity contribution is -0.120. The van der Waals surface area contributed by atoms with Gasteiger partial charge in [-0.15, -0.1) is 0 Å². The maximum absolute atomic E-state index is 12.4. The third kappa shape index (κ3) is 3.83. The third-order valence-electron chi connectivity index (χ3n) is 3.86. The number of carbonyl (C=O) groups is 2. The van der Waals surface area contributed by atoms with Crippen LogP contribution in [0.4, 0.5) is 16.2 Å². The lowest BCUT2D eigenvalue weighted by atomic mass is 10.2. The van der Waals surface area contributed by atoms with Crippen LogP contribution in [0.2, 0.25) is 5.02 Å². The standard InChI is InChI=1S/C17H17ClN4O3/c1-25-15-10-12(6-7-19-15)22-9-8-21(11-16(22)23)17(24)20-14-5-3-2-4-13(14)18/h2-7,10H,8-9,11H2,1H3,(H,20,24). The first-order valence-corrected chi connectivity index (χ1v) is 8.07. The van der Waals surface area contributed by atoms with Gasteiger partial charge in [0.15, 0.2) is 0 Å². The second-order valence-electron chi connectivity index (χ2n) is 5.43. The molecule has 130 valence electrons. The zero-order valence-electron chi connectivity index (χ0n) is 13.6. The average molecular weight is 361 g/mol. The Morgan fingerprint density at radius 2 is 2.08 bits per heavy atom. The number of amides is 3. The maximum Gasteiger partial charge on any atom is 0.322 e. The van der Waals surface area contributed by atoms with E-state index in [4.69, 9.17) is 16.3 Å². The molecule has 0 radical (unpaired) electrons. The van der Waals surface area contributed by atoms with Crippen LogP contribution in [0.5, 0.6) is 5.88 Å². The quantitative estimate of drug-likeness (QED) is 0.913. The van der Waals surface area contributed by atoms with Gasteiger partial charge in [0.2, 0.25) is 11.8 Å². The Kier molecular flexibility index (Phi) is 5.04. The first-order chi connectivity index (χ1) is 12.1. The Bertz CT molecular complexity index is 799. The minimum Gasteiger partial charge on any atom is -0.481 e. The summed E-state index contributed by atoms with van der Waals surface area (Å²) < 4.78 is 5.08. The van der Waals surface area contributed by atoms with Gasteiger partial charge in [0, 0.05) is 25.4 Å². The molecule has 1 N–H and O–H groups in total. The van der Waals surface area contributed by atoms with E-state index in [1.54, 1.807) is 47.5 Å². The molecule has 1 aromatic carbocycles. The molecule has 0 saturated carbocycles. The highest BCUT2D eigenvalue weighted by Crippen LogP contribution is 2.23. The Hall–Kier alpha value is -2.80. The summed E-state index contributed by atoms with van der Waals surface area (Å²) in [7, 11) is 1.52. The summed E-state index contributed by atoms with van der Waals surface area (Å²) in [6.07, 6.45) is 1.58. The smallest absolute Gasteiger partial charge is 0.322 e. The van der Waals surface area contributed by atoms with E-state index in [1.165, 1.54) is 12.0 Å². The van der Waals surface area contributed by atoms with Crippen molar-refractivity contribution in [3.8, 4) is 5.88 Å². The number of aromatic nitrogens is 1. The first-order valence-electron chi connectivity index (χ1n) is 7.69. The van der Waals surface area contributed by atoms with Gasteiger partial charge in [0.1, 0.15) is 6.54 Å². The van der Waals surface area contributed by atoms with Crippen molar-refractivity contribution in [2.75, 3.05) is 37.0 Å². The van der Waals surface area contributed by atoms with E-state index in [0.29, 0.717) is 35.4 Å². The molecule has 1 aromatic heterocycles. The number of urea groups is 1. The number of anilines is 2. The number of carbonyl (C=O) groups excluding carboxylic acids is 2. The lowest BCUT2D eigenvalue weighted by Crippen LogP contribution is -2.53. The lowest BCUT2D eigenvalue weighted by Gasteiger charge is -2.34. The molecule has 1 aliphatic rings. The predicted molar refractivity (Wildman–Crippen MR) is 95.2 cm³/mol. The molecule has 7 nitrogen and oxygen atoms in total. The number of pyridine rings is 1. The van der Waals surface area contributed by atoms with Gasteiger partial charge in [-0.1, -0.05) is 23.7 Å². The van der Waals surface area contributed by atoms with Crippen LogP contribution in [0.15, 0.2) is 42.6 Å². The Morgan fingerprint density at radius 3 is 2.80 bits per heavy atom. The van der Waals surface area contributed by atoms with Crippen molar-refractivity contribution in [3.05, 3.63) is 47.6 Å². The van der Waals surface area contributed by atoms with Crippen LogP contribution in [-0.2, 0) is 4.79 Å². The van der Waals surface area contributed by atoms with E-state index in [0.717, 1.165) is 0 Å². The summed E-state index contributed by atoms with van der Waals surface area (Å²) in [6, 6.07) is 10.0. The second kappa shape index (κ2) is 7.40. The van der Waals surface area contributed by atoms with Gasteiger partial charge in [-0.25, -0.2) is 9.78 Å². The number of ether oxygens (including phenoxy) is 1. The fourth-order valence-electron chi connectivity index (χ4n) is 2.55. The molecule has 25 heavy (non-hydrogen) atoms. The molecule has 1 fully saturated rings. The monoisotopic (exact) mass is 360 g/mol. The molecule has 0 aliphatic carbocycles. The van der Waals surface area contributed by atoms with Crippen molar-refractivity contribution in [1.29, 1.82) is 0 Å². The predicted octanol–water partition coefficient (Wildman–Crippen LogP) is 2.62. The minimum atomic E-state index is -0.353. The van der Waals surface area contributed by atoms with Gasteiger partial charge in [0.25, 0.3) is 0 Å². The van der Waals surface area contributed by atoms with Crippen LogP contribution in [-0.4, -0.2) is 48.6 Å². The molecule has 1 aliphatic heterocycles. The number of hydrogen-bond acceptors (Lipinski definition) is 4. The van der Waals surface area contributed by atoms with Crippen LogP contribution < -0.4 is 15.0 Å². The van der Waals surface area contributed by atoms with Gasteiger partial charge in [0.05, 0.1) is 23.5 Å². The Labute approximate surface area is 150 Å². The highest BCUT2D eigenvalue weighted by atomic mass is 35.5. The summed E-state index contributed by atoms with van der Waals surface area (Å²) in [6.45, 7) is 0.787. The van der Waals surface area contributed by atoms with Crippen molar-refractivity contribution < 1.29 is 14.3 Å². The van der Waals surface area contributed by atoms with E-state index >= 15 is 0 Å². The highest BCUT2D eigenvalue weighted by Gasteiger charge is 2.28. The van der Waals surface area contributed by atoms with Crippen molar-refractivity contribution >= 4 is 34.9 Å². The maximum atomic E-state index is 12.4. The SMILES string of the molecule is COc1cc(N2CCN(C(=O)Nc3ccccc3Cl)CC2=O)ccn1. The van der Waals surface area contributed by atoms with Gasteiger partial charge < -0.3 is 19.9 Å². The fraction of sp³-hybridized carbons (Fsp3) is 0.235. The summed E-state index contributed by atoms with van der Waals surface area (Å²) >= 11 is 6.04. The van der Waals surface area contributed by atoms with Gasteiger partial charge >= 0.3 is 6.03 Å². The van der Waals surface area contributed by atoms with Crippen LogP contribution in [0, 0.1) is 0 Å². The number of para-hydroxylation sites is 1. The van der Waals surface area contributed by atoms with Crippen molar-refractivity contribution in [1.82, 2.24) is 9.88 Å². The van der Waals surface area contributed by atoms with E-state index in [-0.39, 0.29) is 18.5 Å². The fourth-order valence-corrected chi connectivity index (χ4v) is 2.74. The molecule has 0 spiro atoms. The van der Waals surface area contributed by atoms with Crippen molar-refractivity contribution in [3.63, 3.8) is 0 Å². The molecule has 1 saturated heterocycles. The number of rotatable bonds is 3. The largest absolute Gasteiger partial charge is 0.481 e. The number of piperazine rings is 1. The van der Waals surface area contributed by atoms with Crippen LogP contribution >= 0.6 is 11.6 Å². The van der Waals surface area contributed by atoms with E-state index in [2.05, 4.69) is 10.3 Å². The number of hydrogen-bond donors (Lipinski definition) is 1. The number of methoxy groups -OCH3 is 1. The molecule has 0 unspecified atom stereocenters. The van der Waals surface area contributed by atoms with Gasteiger partial charge in [-0.05, 0) is 18.2 Å².